The molecule has 0 fully saturated rings. The van der Waals surface area contributed by atoms with Gasteiger partial charge in [0.1, 0.15) is 19.0 Å². The molecule has 0 aliphatic carbocycles. The summed E-state index contributed by atoms with van der Waals surface area (Å²) in [5.74, 6) is 0.477. The van der Waals surface area contributed by atoms with Crippen molar-refractivity contribution in [1.29, 1.82) is 0 Å². The van der Waals surface area contributed by atoms with Crippen LogP contribution in [0.25, 0.3) is 0 Å². The van der Waals surface area contributed by atoms with E-state index in [0.29, 0.717) is 78.2 Å². The van der Waals surface area contributed by atoms with Gasteiger partial charge in [-0.1, -0.05) is 57.7 Å². The fourth-order valence-electron chi connectivity index (χ4n) is 3.38. The van der Waals surface area contributed by atoms with Gasteiger partial charge in [0.05, 0.1) is 66.1 Å². The minimum Gasteiger partial charge on any atom is -0.491 e. The molecule has 0 aromatic heterocycles. The Labute approximate surface area is 229 Å². The van der Waals surface area contributed by atoms with E-state index in [1.165, 1.54) is 44.1 Å². The van der Waals surface area contributed by atoms with E-state index in [-0.39, 0.29) is 6.61 Å². The molecule has 0 N–H and O–H groups in total. The van der Waals surface area contributed by atoms with Crippen LogP contribution in [0.1, 0.15) is 57.9 Å². The van der Waals surface area contributed by atoms with Crippen molar-refractivity contribution in [3.8, 4) is 5.75 Å². The average Bonchev–Trinajstić information content (AvgIpc) is 2.92. The van der Waals surface area contributed by atoms with Crippen LogP contribution < -0.4 is 4.74 Å². The van der Waals surface area contributed by atoms with E-state index >= 15 is 0 Å². The zero-order valence-electron chi connectivity index (χ0n) is 23.7. The highest BCUT2D eigenvalue weighted by Crippen LogP contribution is 2.15. The van der Waals surface area contributed by atoms with Crippen LogP contribution in [-0.4, -0.2) is 85.3 Å². The molecule has 0 aliphatic rings. The minimum absolute atomic E-state index is 0.210. The summed E-state index contributed by atoms with van der Waals surface area (Å²) in [5.41, 5.74) is 1.75. The molecular weight excluding hydrogens is 488 g/mol. The Morgan fingerprint density at radius 1 is 0.632 bits per heavy atom. The Kier molecular flexibility index (Phi) is 22.7. The van der Waals surface area contributed by atoms with Crippen LogP contribution in [0.4, 0.5) is 0 Å². The molecule has 0 aliphatic heterocycles. The number of ether oxygens (including phenoxy) is 7. The Bertz CT molecular complexity index is 692. The van der Waals surface area contributed by atoms with Gasteiger partial charge in [-0.05, 0) is 37.5 Å². The zero-order chi connectivity index (χ0) is 27.5. The SMILES string of the molecule is C=C(C)C(=O)OCCOCCOCCOCCOCCOCCOc1ccc(CCCCCCCC)cc1. The molecule has 0 saturated carbocycles. The van der Waals surface area contributed by atoms with Gasteiger partial charge in [0.15, 0.2) is 0 Å². The highest BCUT2D eigenvalue weighted by atomic mass is 16.6. The van der Waals surface area contributed by atoms with Crippen LogP contribution in [0.2, 0.25) is 0 Å². The van der Waals surface area contributed by atoms with Crippen LogP contribution in [0, 0.1) is 0 Å². The molecule has 218 valence electrons. The van der Waals surface area contributed by atoms with Crippen LogP contribution >= 0.6 is 0 Å². The number of hydrogen-bond acceptors (Lipinski definition) is 8. The van der Waals surface area contributed by atoms with Crippen molar-refractivity contribution in [2.75, 3.05) is 79.3 Å². The second-order valence-electron chi connectivity index (χ2n) is 8.99. The van der Waals surface area contributed by atoms with Crippen molar-refractivity contribution >= 4 is 5.97 Å². The molecule has 1 aromatic rings. The van der Waals surface area contributed by atoms with Gasteiger partial charge >= 0.3 is 5.97 Å². The third kappa shape index (κ3) is 21.0. The van der Waals surface area contributed by atoms with Crippen LogP contribution in [-0.2, 0) is 39.6 Å². The molecule has 0 unspecified atom stereocenters. The molecule has 8 heteroatoms. The summed E-state index contributed by atoms with van der Waals surface area (Å²) >= 11 is 0. The molecule has 0 spiro atoms. The highest BCUT2D eigenvalue weighted by molar-refractivity contribution is 5.86. The second-order valence-corrected chi connectivity index (χ2v) is 8.99. The van der Waals surface area contributed by atoms with Crippen molar-refractivity contribution < 1.29 is 38.0 Å². The number of unbranched alkanes of at least 4 members (excludes halogenated alkanes) is 5. The largest absolute Gasteiger partial charge is 0.491 e. The Morgan fingerprint density at radius 2 is 1.08 bits per heavy atom. The number of esters is 1. The topological polar surface area (TPSA) is 81.7 Å². The molecule has 0 radical (unpaired) electrons. The predicted octanol–water partition coefficient (Wildman–Crippen LogP) is 5.17. The van der Waals surface area contributed by atoms with E-state index in [2.05, 4.69) is 25.6 Å². The number of carbonyl (C=O) groups excluding carboxylic acids is 1. The molecule has 1 aromatic carbocycles. The summed E-state index contributed by atoms with van der Waals surface area (Å²) in [6, 6.07) is 8.41. The normalized spacial score (nSPS) is 11.0. The molecule has 0 heterocycles. The molecule has 0 bridgehead atoms. The predicted molar refractivity (Wildman–Crippen MR) is 149 cm³/mol. The molecule has 1 rings (SSSR count). The van der Waals surface area contributed by atoms with Crippen LogP contribution in [0.5, 0.6) is 5.75 Å². The molecule has 38 heavy (non-hydrogen) atoms. The smallest absolute Gasteiger partial charge is 0.333 e. The van der Waals surface area contributed by atoms with E-state index < -0.39 is 5.97 Å². The Balaban J connectivity index is 1.79. The van der Waals surface area contributed by atoms with Gasteiger partial charge < -0.3 is 33.2 Å². The average molecular weight is 539 g/mol. The lowest BCUT2D eigenvalue weighted by molar-refractivity contribution is -0.140. The lowest BCUT2D eigenvalue weighted by atomic mass is 10.0. The molecular formula is C30H50O8. The van der Waals surface area contributed by atoms with Gasteiger partial charge in [-0.25, -0.2) is 4.79 Å². The summed E-state index contributed by atoms with van der Waals surface area (Å²) in [6.45, 7) is 12.9. The first-order chi connectivity index (χ1) is 18.6. The van der Waals surface area contributed by atoms with Crippen molar-refractivity contribution in [3.63, 3.8) is 0 Å². The Hall–Kier alpha value is -1.97. The first-order valence-electron chi connectivity index (χ1n) is 14.1. The summed E-state index contributed by atoms with van der Waals surface area (Å²) in [4.78, 5) is 11.2. The third-order valence-electron chi connectivity index (χ3n) is 5.54. The standard InChI is InChI=1S/C30H50O8/c1-4-5-6-7-8-9-10-28-11-13-29(14-12-28)37-25-23-35-21-19-33-17-15-32-16-18-34-20-22-36-24-26-38-30(31)27(2)3/h11-14H,2,4-10,15-26H2,1,3H3. The van der Waals surface area contributed by atoms with E-state index in [9.17, 15) is 4.79 Å². The van der Waals surface area contributed by atoms with Gasteiger partial charge in [0, 0.05) is 5.57 Å². The highest BCUT2D eigenvalue weighted by Gasteiger charge is 2.02. The lowest BCUT2D eigenvalue weighted by Crippen LogP contribution is -2.15. The van der Waals surface area contributed by atoms with Gasteiger partial charge in [-0.3, -0.25) is 0 Å². The molecule has 8 nitrogen and oxygen atoms in total. The first-order valence-corrected chi connectivity index (χ1v) is 14.1. The number of rotatable bonds is 27. The van der Waals surface area contributed by atoms with Crippen molar-refractivity contribution in [3.05, 3.63) is 42.0 Å². The number of aryl methyl sites for hydroxylation is 1. The molecule has 0 saturated heterocycles. The summed E-state index contributed by atoms with van der Waals surface area (Å²) in [5, 5.41) is 0. The maximum Gasteiger partial charge on any atom is 0.333 e. The van der Waals surface area contributed by atoms with E-state index in [1.54, 1.807) is 6.92 Å². The monoisotopic (exact) mass is 538 g/mol. The minimum atomic E-state index is -0.404. The Morgan fingerprint density at radius 3 is 1.58 bits per heavy atom. The summed E-state index contributed by atoms with van der Waals surface area (Å²) in [7, 11) is 0. The summed E-state index contributed by atoms with van der Waals surface area (Å²) in [6.07, 6.45) is 9.09. The number of carbonyl (C=O) groups is 1. The van der Waals surface area contributed by atoms with E-state index in [4.69, 9.17) is 33.2 Å². The maximum atomic E-state index is 11.2. The van der Waals surface area contributed by atoms with Crippen LogP contribution in [0.3, 0.4) is 0 Å². The number of hydrogen-bond donors (Lipinski definition) is 0. The molecule has 0 amide bonds. The second kappa shape index (κ2) is 25.3. The number of benzene rings is 1. The first kappa shape index (κ1) is 34.1. The van der Waals surface area contributed by atoms with Gasteiger partial charge in [0.25, 0.3) is 0 Å². The quantitative estimate of drug-likeness (QED) is 0.0862. The summed E-state index contributed by atoms with van der Waals surface area (Å²) < 4.78 is 37.9. The van der Waals surface area contributed by atoms with Gasteiger partial charge in [-0.2, -0.15) is 0 Å². The van der Waals surface area contributed by atoms with Gasteiger partial charge in [-0.15, -0.1) is 0 Å². The van der Waals surface area contributed by atoms with E-state index in [0.717, 1.165) is 12.2 Å². The van der Waals surface area contributed by atoms with Crippen molar-refractivity contribution in [2.45, 2.75) is 58.8 Å². The maximum absolute atomic E-state index is 11.2. The fraction of sp³-hybridized carbons (Fsp3) is 0.700. The van der Waals surface area contributed by atoms with Gasteiger partial charge in [0.2, 0.25) is 0 Å². The van der Waals surface area contributed by atoms with E-state index in [1.807, 2.05) is 12.1 Å². The van der Waals surface area contributed by atoms with Crippen molar-refractivity contribution in [1.82, 2.24) is 0 Å². The fourth-order valence-corrected chi connectivity index (χ4v) is 3.38. The van der Waals surface area contributed by atoms with Crippen LogP contribution in [0.15, 0.2) is 36.4 Å². The lowest BCUT2D eigenvalue weighted by Gasteiger charge is -2.09. The zero-order valence-corrected chi connectivity index (χ0v) is 23.7. The molecule has 0 atom stereocenters. The van der Waals surface area contributed by atoms with Crippen molar-refractivity contribution in [2.24, 2.45) is 0 Å². The third-order valence-corrected chi connectivity index (χ3v) is 5.54.